The summed E-state index contributed by atoms with van der Waals surface area (Å²) in [6.07, 6.45) is -3.46. The van der Waals surface area contributed by atoms with Gasteiger partial charge in [-0.2, -0.15) is 13.2 Å². The van der Waals surface area contributed by atoms with Gasteiger partial charge in [-0.3, -0.25) is 4.99 Å². The maximum Gasteiger partial charge on any atom is 0.435 e. The number of nitrogens with two attached hydrogens (primary N) is 1. The molecule has 0 spiro atoms. The van der Waals surface area contributed by atoms with Crippen LogP contribution in [-0.4, -0.2) is 26.0 Å². The summed E-state index contributed by atoms with van der Waals surface area (Å²) in [6, 6.07) is 0. The van der Waals surface area contributed by atoms with Crippen molar-refractivity contribution in [3.63, 3.8) is 0 Å². The summed E-state index contributed by atoms with van der Waals surface area (Å²) in [4.78, 5) is 3.04. The summed E-state index contributed by atoms with van der Waals surface area (Å²) in [6.45, 7) is 0. The van der Waals surface area contributed by atoms with E-state index in [9.17, 15) is 13.2 Å². The van der Waals surface area contributed by atoms with Crippen molar-refractivity contribution in [1.82, 2.24) is 5.32 Å². The molecule has 0 atom stereocenters. The molecule has 0 bridgehead atoms. The minimum absolute atomic E-state index is 0.424. The number of nitrogens with one attached hydrogen (secondary N) is 1. The summed E-state index contributed by atoms with van der Waals surface area (Å²) in [5, 5.41) is 2.39. The molecule has 0 aliphatic heterocycles. The van der Waals surface area contributed by atoms with Gasteiger partial charge in [0, 0.05) is 20.3 Å². The summed E-state index contributed by atoms with van der Waals surface area (Å²) >= 11 is 0. The van der Waals surface area contributed by atoms with Crippen molar-refractivity contribution in [2.24, 2.45) is 10.7 Å². The molecule has 0 aromatic heterocycles. The molecule has 3 nitrogen and oxygen atoms in total. The van der Waals surface area contributed by atoms with Crippen molar-refractivity contribution in [3.05, 3.63) is 11.9 Å². The van der Waals surface area contributed by atoms with Gasteiger partial charge in [0.05, 0.1) is 5.70 Å². The van der Waals surface area contributed by atoms with Gasteiger partial charge in [-0.15, -0.1) is 0 Å². The normalized spacial score (nSPS) is 14.8. The van der Waals surface area contributed by atoms with Crippen LogP contribution < -0.4 is 11.1 Å². The van der Waals surface area contributed by atoms with Gasteiger partial charge < -0.3 is 11.1 Å². The molecule has 70 valence electrons. The van der Waals surface area contributed by atoms with Crippen molar-refractivity contribution < 1.29 is 13.2 Å². The molecule has 0 aromatic carbocycles. The van der Waals surface area contributed by atoms with E-state index in [4.69, 9.17) is 5.73 Å². The highest BCUT2D eigenvalue weighted by atomic mass is 19.4. The van der Waals surface area contributed by atoms with Gasteiger partial charge in [-0.05, 0) is 0 Å². The lowest BCUT2D eigenvalue weighted by Crippen LogP contribution is -2.29. The highest BCUT2D eigenvalue weighted by Gasteiger charge is 2.36. The third kappa shape index (κ3) is 2.81. The Morgan fingerprint density at radius 2 is 2.00 bits per heavy atom. The second kappa shape index (κ2) is 3.99. The average Bonchev–Trinajstić information content (AvgIpc) is 1.85. The summed E-state index contributed by atoms with van der Waals surface area (Å²) < 4.78 is 36.0. The lowest BCUT2D eigenvalue weighted by Gasteiger charge is -2.09. The van der Waals surface area contributed by atoms with E-state index in [0.717, 1.165) is 13.2 Å². The number of nitrogens with zero attached hydrogens (tertiary/aromatic N) is 1. The third-order valence-electron chi connectivity index (χ3n) is 1.07. The predicted octanol–water partition coefficient (Wildman–Crippen LogP) is 0.639. The monoisotopic (exact) mass is 181 g/mol. The zero-order chi connectivity index (χ0) is 9.78. The Morgan fingerprint density at radius 1 is 1.50 bits per heavy atom. The molecule has 6 heteroatoms. The van der Waals surface area contributed by atoms with Crippen molar-refractivity contribution in [2.75, 3.05) is 14.1 Å². The van der Waals surface area contributed by atoms with E-state index in [1.165, 1.54) is 7.05 Å². The molecule has 0 heterocycles. The molecular weight excluding hydrogens is 171 g/mol. The van der Waals surface area contributed by atoms with Crippen molar-refractivity contribution in [3.8, 4) is 0 Å². The zero-order valence-corrected chi connectivity index (χ0v) is 6.74. The standard InChI is InChI=1S/C6H10F3N3/c1-11-3-4(10)5(12-2)6(7,8)9/h3,11H,10H2,1-2H3/b4-3+,12-5+. The molecule has 0 amide bonds. The van der Waals surface area contributed by atoms with E-state index in [1.54, 1.807) is 0 Å². The van der Waals surface area contributed by atoms with E-state index < -0.39 is 17.6 Å². The van der Waals surface area contributed by atoms with Gasteiger partial charge in [0.2, 0.25) is 0 Å². The van der Waals surface area contributed by atoms with E-state index in [2.05, 4.69) is 10.3 Å². The highest BCUT2D eigenvalue weighted by Crippen LogP contribution is 2.19. The van der Waals surface area contributed by atoms with Crippen LogP contribution in [0.4, 0.5) is 13.2 Å². The fourth-order valence-corrected chi connectivity index (χ4v) is 0.643. The van der Waals surface area contributed by atoms with Crippen molar-refractivity contribution in [1.29, 1.82) is 0 Å². The first-order chi connectivity index (χ1) is 5.43. The van der Waals surface area contributed by atoms with Crippen molar-refractivity contribution in [2.45, 2.75) is 6.18 Å². The van der Waals surface area contributed by atoms with Gasteiger partial charge in [0.1, 0.15) is 0 Å². The second-order valence-corrected chi connectivity index (χ2v) is 1.96. The lowest BCUT2D eigenvalue weighted by atomic mass is 10.3. The van der Waals surface area contributed by atoms with E-state index >= 15 is 0 Å². The number of alkyl halides is 3. The SMILES string of the molecule is C/N=C(\C(N)=C/NC)C(F)(F)F. The number of aliphatic imine (C=N–C) groups is 1. The molecule has 0 fully saturated rings. The first kappa shape index (κ1) is 10.8. The van der Waals surface area contributed by atoms with Crippen LogP contribution in [0.1, 0.15) is 0 Å². The fourth-order valence-electron chi connectivity index (χ4n) is 0.643. The number of rotatable bonds is 2. The molecule has 0 aliphatic rings. The Morgan fingerprint density at radius 3 is 2.25 bits per heavy atom. The molecule has 0 rings (SSSR count). The van der Waals surface area contributed by atoms with Gasteiger partial charge in [0.15, 0.2) is 5.71 Å². The van der Waals surface area contributed by atoms with Crippen LogP contribution in [0.15, 0.2) is 16.9 Å². The molecule has 3 N–H and O–H groups in total. The fraction of sp³-hybridized carbons (Fsp3) is 0.500. The largest absolute Gasteiger partial charge is 0.435 e. The van der Waals surface area contributed by atoms with Crippen LogP contribution in [0.25, 0.3) is 0 Å². The van der Waals surface area contributed by atoms with E-state index in [0.29, 0.717) is 0 Å². The quantitative estimate of drug-likeness (QED) is 0.614. The van der Waals surface area contributed by atoms with E-state index in [1.807, 2.05) is 0 Å². The number of halogens is 3. The van der Waals surface area contributed by atoms with Gasteiger partial charge >= 0.3 is 6.18 Å². The lowest BCUT2D eigenvalue weighted by molar-refractivity contribution is -0.0583. The minimum Gasteiger partial charge on any atom is -0.396 e. The number of allylic oxidation sites excluding steroid dienone is 1. The maximum absolute atomic E-state index is 12.0. The minimum atomic E-state index is -4.49. The topological polar surface area (TPSA) is 50.4 Å². The maximum atomic E-state index is 12.0. The summed E-state index contributed by atoms with van der Waals surface area (Å²) in [7, 11) is 2.50. The molecule has 0 aromatic rings. The van der Waals surface area contributed by atoms with Crippen LogP contribution in [0.3, 0.4) is 0 Å². The first-order valence-corrected chi connectivity index (χ1v) is 3.10. The summed E-state index contributed by atoms with van der Waals surface area (Å²) in [5.74, 6) is 0. The smallest absolute Gasteiger partial charge is 0.396 e. The Bertz CT molecular complexity index is 205. The van der Waals surface area contributed by atoms with Crippen LogP contribution in [0.5, 0.6) is 0 Å². The molecule has 0 saturated carbocycles. The summed E-state index contributed by atoms with van der Waals surface area (Å²) in [5.41, 5.74) is 3.58. The van der Waals surface area contributed by atoms with E-state index in [-0.39, 0.29) is 0 Å². The van der Waals surface area contributed by atoms with Gasteiger partial charge in [-0.25, -0.2) is 0 Å². The number of hydrogen-bond donors (Lipinski definition) is 2. The van der Waals surface area contributed by atoms with Gasteiger partial charge in [0.25, 0.3) is 0 Å². The Hall–Kier alpha value is -1.20. The molecular formula is C6H10F3N3. The van der Waals surface area contributed by atoms with Crippen LogP contribution in [0, 0.1) is 0 Å². The molecule has 12 heavy (non-hydrogen) atoms. The Labute approximate surface area is 68.2 Å². The number of hydrogen-bond acceptors (Lipinski definition) is 3. The Balaban J connectivity index is 4.72. The Kier molecular flexibility index (Phi) is 3.59. The molecule has 0 saturated heterocycles. The highest BCUT2D eigenvalue weighted by molar-refractivity contribution is 6.03. The van der Waals surface area contributed by atoms with Crippen LogP contribution >= 0.6 is 0 Å². The zero-order valence-electron chi connectivity index (χ0n) is 6.74. The van der Waals surface area contributed by atoms with Crippen molar-refractivity contribution >= 4 is 5.71 Å². The van der Waals surface area contributed by atoms with Gasteiger partial charge in [-0.1, -0.05) is 0 Å². The average molecular weight is 181 g/mol. The first-order valence-electron chi connectivity index (χ1n) is 3.10. The second-order valence-electron chi connectivity index (χ2n) is 1.96. The molecule has 0 unspecified atom stereocenters. The molecule has 0 aliphatic carbocycles. The van der Waals surface area contributed by atoms with Crippen LogP contribution in [-0.2, 0) is 0 Å². The van der Waals surface area contributed by atoms with Crippen LogP contribution in [0.2, 0.25) is 0 Å². The third-order valence-corrected chi connectivity index (χ3v) is 1.07. The predicted molar refractivity (Wildman–Crippen MR) is 40.7 cm³/mol. The molecule has 0 radical (unpaired) electrons.